The van der Waals surface area contributed by atoms with Crippen LogP contribution in [0.25, 0.3) is 0 Å². The van der Waals surface area contributed by atoms with Crippen molar-refractivity contribution >= 4 is 15.9 Å². The molecule has 1 N–H and O–H groups in total. The number of rotatable bonds is 3. The molecular weight excluding hydrogens is 250 g/mol. The number of hydrogen-bond donors (Lipinski definition) is 1. The van der Waals surface area contributed by atoms with E-state index >= 15 is 0 Å². The van der Waals surface area contributed by atoms with Gasteiger partial charge >= 0.3 is 0 Å². The normalized spacial score (nSPS) is 11.9. The molecule has 1 nitrogen and oxygen atoms in total. The molecule has 0 saturated heterocycles. The maximum atomic E-state index is 3.64. The summed E-state index contributed by atoms with van der Waals surface area (Å²) in [6.45, 7) is 8.75. The number of benzene rings is 1. The van der Waals surface area contributed by atoms with Crippen LogP contribution in [0.1, 0.15) is 30.5 Å². The molecule has 0 bridgehead atoms. The Balaban J connectivity index is 3.02. The van der Waals surface area contributed by atoms with Crippen LogP contribution in [-0.4, -0.2) is 12.6 Å². The number of likely N-dealkylation sites (N-methyl/N-ethyl adjacent to an activating group) is 1. The van der Waals surface area contributed by atoms with Gasteiger partial charge in [0.25, 0.3) is 0 Å². The van der Waals surface area contributed by atoms with Crippen LogP contribution in [0.2, 0.25) is 0 Å². The molecule has 84 valence electrons. The van der Waals surface area contributed by atoms with E-state index in [0.29, 0.717) is 0 Å². The van der Waals surface area contributed by atoms with Gasteiger partial charge in [0.05, 0.1) is 0 Å². The smallest absolute Gasteiger partial charge is 0.0236 e. The lowest BCUT2D eigenvalue weighted by atomic mass is 9.92. The van der Waals surface area contributed by atoms with E-state index in [1.165, 1.54) is 21.2 Å². The summed E-state index contributed by atoms with van der Waals surface area (Å²) >= 11 is 3.64. The van der Waals surface area contributed by atoms with Gasteiger partial charge in [0.2, 0.25) is 0 Å². The summed E-state index contributed by atoms with van der Waals surface area (Å²) in [5.41, 5.74) is 4.23. The molecule has 1 aromatic carbocycles. The number of hydrogen-bond acceptors (Lipinski definition) is 1. The van der Waals surface area contributed by atoms with Gasteiger partial charge < -0.3 is 5.32 Å². The summed E-state index contributed by atoms with van der Waals surface area (Å²) < 4.78 is 1.24. The predicted molar refractivity (Wildman–Crippen MR) is 70.5 cm³/mol. The predicted octanol–water partition coefficient (Wildman–Crippen LogP) is 3.61. The Hall–Kier alpha value is -0.340. The van der Waals surface area contributed by atoms with E-state index in [1.807, 2.05) is 7.05 Å². The van der Waals surface area contributed by atoms with Crippen molar-refractivity contribution in [2.45, 2.75) is 39.7 Å². The van der Waals surface area contributed by atoms with E-state index in [0.717, 1.165) is 6.42 Å². The third-order valence-electron chi connectivity index (χ3n) is 3.00. The summed E-state index contributed by atoms with van der Waals surface area (Å²) in [6.07, 6.45) is 1.05. The first-order chi connectivity index (χ1) is 6.87. The van der Waals surface area contributed by atoms with Crippen molar-refractivity contribution in [3.63, 3.8) is 0 Å². The van der Waals surface area contributed by atoms with Crippen molar-refractivity contribution in [1.82, 2.24) is 5.32 Å². The van der Waals surface area contributed by atoms with Crippen LogP contribution < -0.4 is 5.32 Å². The third kappa shape index (κ3) is 3.05. The van der Waals surface area contributed by atoms with E-state index in [-0.39, 0.29) is 5.54 Å². The van der Waals surface area contributed by atoms with Gasteiger partial charge in [-0.15, -0.1) is 0 Å². The second kappa shape index (κ2) is 4.67. The van der Waals surface area contributed by atoms with Crippen molar-refractivity contribution in [2.24, 2.45) is 0 Å². The highest BCUT2D eigenvalue weighted by Gasteiger charge is 2.17. The fourth-order valence-corrected chi connectivity index (χ4v) is 2.00. The first-order valence-corrected chi connectivity index (χ1v) is 6.10. The van der Waals surface area contributed by atoms with E-state index in [1.54, 1.807) is 0 Å². The summed E-state index contributed by atoms with van der Waals surface area (Å²) in [5, 5.41) is 3.34. The number of halogens is 1. The standard InChI is InChI=1S/C13H20BrN/c1-9-6-7-11(10(2)12(9)14)8-13(3,4)15-5/h6-7,15H,8H2,1-5H3. The molecule has 0 saturated carbocycles. The first-order valence-electron chi connectivity index (χ1n) is 5.31. The average molecular weight is 270 g/mol. The van der Waals surface area contributed by atoms with E-state index < -0.39 is 0 Å². The largest absolute Gasteiger partial charge is 0.314 e. The molecule has 0 aliphatic heterocycles. The van der Waals surface area contributed by atoms with Gasteiger partial charge in [-0.25, -0.2) is 0 Å². The first kappa shape index (κ1) is 12.7. The van der Waals surface area contributed by atoms with Gasteiger partial charge in [-0.3, -0.25) is 0 Å². The van der Waals surface area contributed by atoms with Crippen LogP contribution in [-0.2, 0) is 6.42 Å². The van der Waals surface area contributed by atoms with Crippen LogP contribution in [0.15, 0.2) is 16.6 Å². The minimum absolute atomic E-state index is 0.152. The molecule has 0 radical (unpaired) electrons. The van der Waals surface area contributed by atoms with E-state index in [4.69, 9.17) is 0 Å². The molecule has 15 heavy (non-hydrogen) atoms. The van der Waals surface area contributed by atoms with Crippen LogP contribution in [0.4, 0.5) is 0 Å². The van der Waals surface area contributed by atoms with Crippen LogP contribution >= 0.6 is 15.9 Å². The molecule has 0 fully saturated rings. The quantitative estimate of drug-likeness (QED) is 0.884. The van der Waals surface area contributed by atoms with Crippen LogP contribution in [0.3, 0.4) is 0 Å². The van der Waals surface area contributed by atoms with Gasteiger partial charge in [-0.05, 0) is 57.9 Å². The van der Waals surface area contributed by atoms with Crippen molar-refractivity contribution in [2.75, 3.05) is 7.05 Å². The molecule has 2 heteroatoms. The monoisotopic (exact) mass is 269 g/mol. The van der Waals surface area contributed by atoms with Gasteiger partial charge in [0.15, 0.2) is 0 Å². The lowest BCUT2D eigenvalue weighted by molar-refractivity contribution is 0.421. The molecule has 0 amide bonds. The molecule has 0 aliphatic carbocycles. The zero-order valence-corrected chi connectivity index (χ0v) is 11.8. The van der Waals surface area contributed by atoms with Crippen molar-refractivity contribution in [3.8, 4) is 0 Å². The lowest BCUT2D eigenvalue weighted by Gasteiger charge is -2.25. The van der Waals surface area contributed by atoms with Crippen molar-refractivity contribution in [1.29, 1.82) is 0 Å². The zero-order chi connectivity index (χ0) is 11.6. The Morgan fingerprint density at radius 2 is 1.87 bits per heavy atom. The molecule has 0 atom stereocenters. The molecule has 1 aromatic rings. The van der Waals surface area contributed by atoms with Gasteiger partial charge in [-0.2, -0.15) is 0 Å². The van der Waals surface area contributed by atoms with Gasteiger partial charge in [0, 0.05) is 10.0 Å². The third-order valence-corrected chi connectivity index (χ3v) is 4.22. The van der Waals surface area contributed by atoms with Crippen LogP contribution in [0.5, 0.6) is 0 Å². The topological polar surface area (TPSA) is 12.0 Å². The maximum absolute atomic E-state index is 3.64. The maximum Gasteiger partial charge on any atom is 0.0236 e. The van der Waals surface area contributed by atoms with Gasteiger partial charge in [0.1, 0.15) is 0 Å². The summed E-state index contributed by atoms with van der Waals surface area (Å²) in [6, 6.07) is 4.41. The van der Waals surface area contributed by atoms with Gasteiger partial charge in [-0.1, -0.05) is 28.1 Å². The fourth-order valence-electron chi connectivity index (χ4n) is 1.62. The van der Waals surface area contributed by atoms with Crippen molar-refractivity contribution < 1.29 is 0 Å². The highest BCUT2D eigenvalue weighted by atomic mass is 79.9. The second-order valence-electron chi connectivity index (χ2n) is 4.79. The Kier molecular flexibility index (Phi) is 3.96. The highest BCUT2D eigenvalue weighted by molar-refractivity contribution is 9.10. The Morgan fingerprint density at radius 1 is 1.27 bits per heavy atom. The van der Waals surface area contributed by atoms with E-state index in [9.17, 15) is 0 Å². The minimum atomic E-state index is 0.152. The molecule has 0 heterocycles. The summed E-state index contributed by atoms with van der Waals surface area (Å²) in [5.74, 6) is 0. The second-order valence-corrected chi connectivity index (χ2v) is 5.58. The summed E-state index contributed by atoms with van der Waals surface area (Å²) in [4.78, 5) is 0. The number of nitrogens with one attached hydrogen (secondary N) is 1. The minimum Gasteiger partial charge on any atom is -0.314 e. The Bertz CT molecular complexity index is 356. The lowest BCUT2D eigenvalue weighted by Crippen LogP contribution is -2.38. The highest BCUT2D eigenvalue weighted by Crippen LogP contribution is 2.26. The summed E-state index contributed by atoms with van der Waals surface area (Å²) in [7, 11) is 2.01. The van der Waals surface area contributed by atoms with E-state index in [2.05, 4.69) is 61.1 Å². The Morgan fingerprint density at radius 3 is 2.40 bits per heavy atom. The zero-order valence-electron chi connectivity index (χ0n) is 10.2. The molecule has 1 rings (SSSR count). The molecular formula is C13H20BrN. The SMILES string of the molecule is CNC(C)(C)Cc1ccc(C)c(Br)c1C. The molecule has 0 aromatic heterocycles. The van der Waals surface area contributed by atoms with Crippen molar-refractivity contribution in [3.05, 3.63) is 33.3 Å². The molecule has 0 spiro atoms. The number of aryl methyl sites for hydroxylation is 1. The average Bonchev–Trinajstić information content (AvgIpc) is 2.19. The van der Waals surface area contributed by atoms with Crippen LogP contribution in [0, 0.1) is 13.8 Å². The Labute approximate surface area is 101 Å². The fraction of sp³-hybridized carbons (Fsp3) is 0.538. The molecule has 0 aliphatic rings. The molecule has 0 unspecified atom stereocenters.